The van der Waals surface area contributed by atoms with E-state index in [1.54, 1.807) is 42.7 Å². The van der Waals surface area contributed by atoms with Crippen LogP contribution >= 0.6 is 15.9 Å². The molecule has 2 heterocycles. The third-order valence-electron chi connectivity index (χ3n) is 4.75. The molecular formula is C21H20BrN5O2. The average molecular weight is 454 g/mol. The number of carbonyl (C=O) groups excluding carboxylic acids is 1. The molecule has 0 spiro atoms. The summed E-state index contributed by atoms with van der Waals surface area (Å²) >= 11 is 3.40. The second kappa shape index (κ2) is 8.16. The van der Waals surface area contributed by atoms with Crippen molar-refractivity contribution in [3.8, 4) is 5.88 Å². The van der Waals surface area contributed by atoms with Gasteiger partial charge >= 0.3 is 0 Å². The Morgan fingerprint density at radius 1 is 1.17 bits per heavy atom. The van der Waals surface area contributed by atoms with Gasteiger partial charge in [-0.2, -0.15) is 0 Å². The van der Waals surface area contributed by atoms with Gasteiger partial charge < -0.3 is 15.4 Å². The first-order valence-electron chi connectivity index (χ1n) is 9.23. The highest BCUT2D eigenvalue weighted by atomic mass is 79.9. The Balaban J connectivity index is 1.65. The van der Waals surface area contributed by atoms with Gasteiger partial charge in [0.15, 0.2) is 0 Å². The smallest absolute Gasteiger partial charge is 0.261 e. The zero-order valence-electron chi connectivity index (χ0n) is 15.9. The molecule has 0 atom stereocenters. The number of nitrogen functional groups attached to an aromatic ring is 1. The highest BCUT2D eigenvalue weighted by Gasteiger charge is 2.27. The van der Waals surface area contributed by atoms with Crippen LogP contribution in [0.1, 0.15) is 40.5 Å². The largest absolute Gasteiger partial charge is 0.481 e. The molecule has 1 aliphatic rings. The molecule has 0 bridgehead atoms. The summed E-state index contributed by atoms with van der Waals surface area (Å²) in [6, 6.07) is 9.15. The number of anilines is 2. The van der Waals surface area contributed by atoms with Gasteiger partial charge in [0.05, 0.1) is 31.1 Å². The molecule has 4 rings (SSSR count). The zero-order chi connectivity index (χ0) is 20.4. The van der Waals surface area contributed by atoms with Gasteiger partial charge in [0.1, 0.15) is 5.82 Å². The van der Waals surface area contributed by atoms with E-state index in [9.17, 15) is 4.79 Å². The van der Waals surface area contributed by atoms with Crippen molar-refractivity contribution in [2.24, 2.45) is 0 Å². The maximum Gasteiger partial charge on any atom is 0.261 e. The monoisotopic (exact) mass is 453 g/mol. The Kier molecular flexibility index (Phi) is 5.44. The van der Waals surface area contributed by atoms with E-state index >= 15 is 0 Å². The van der Waals surface area contributed by atoms with Gasteiger partial charge in [0.2, 0.25) is 5.88 Å². The van der Waals surface area contributed by atoms with Crippen molar-refractivity contribution in [3.05, 3.63) is 70.3 Å². The lowest BCUT2D eigenvalue weighted by Gasteiger charge is -2.23. The Morgan fingerprint density at radius 3 is 2.52 bits per heavy atom. The lowest BCUT2D eigenvalue weighted by molar-refractivity contribution is 0.0984. The zero-order valence-corrected chi connectivity index (χ0v) is 17.5. The molecule has 29 heavy (non-hydrogen) atoms. The molecule has 1 saturated carbocycles. The standard InChI is InChI=1S/C21H20BrN5O2/c1-29-19-7-5-16(11-24-19)27(12-13-2-6-17(22)18(23)8-13)21(28)15-9-25-20(26-10-15)14-3-4-14/h2,5-11,14H,3-4,12,23H2,1H3. The van der Waals surface area contributed by atoms with Crippen molar-refractivity contribution in [1.82, 2.24) is 15.0 Å². The van der Waals surface area contributed by atoms with E-state index in [1.165, 1.54) is 0 Å². The number of hydrogen-bond donors (Lipinski definition) is 1. The number of nitrogens with zero attached hydrogens (tertiary/aromatic N) is 4. The van der Waals surface area contributed by atoms with Gasteiger partial charge in [0, 0.05) is 34.5 Å². The highest BCUT2D eigenvalue weighted by molar-refractivity contribution is 9.10. The van der Waals surface area contributed by atoms with E-state index in [2.05, 4.69) is 30.9 Å². The number of benzene rings is 1. The van der Waals surface area contributed by atoms with Crippen LogP contribution < -0.4 is 15.4 Å². The third-order valence-corrected chi connectivity index (χ3v) is 5.47. The first-order valence-corrected chi connectivity index (χ1v) is 10.0. The SMILES string of the molecule is COc1ccc(N(Cc2ccc(Br)c(N)c2)C(=O)c2cnc(C3CC3)nc2)cn1. The van der Waals surface area contributed by atoms with Crippen molar-refractivity contribution >= 4 is 33.2 Å². The molecule has 1 fully saturated rings. The van der Waals surface area contributed by atoms with Crippen LogP contribution in [-0.2, 0) is 6.54 Å². The average Bonchev–Trinajstić information content (AvgIpc) is 3.60. The summed E-state index contributed by atoms with van der Waals surface area (Å²) in [4.78, 5) is 27.9. The fourth-order valence-electron chi connectivity index (χ4n) is 2.96. The minimum Gasteiger partial charge on any atom is -0.481 e. The normalized spacial score (nSPS) is 13.2. The fourth-order valence-corrected chi connectivity index (χ4v) is 3.21. The first-order chi connectivity index (χ1) is 14.0. The Bertz CT molecular complexity index is 1020. The number of ether oxygens (including phenoxy) is 1. The van der Waals surface area contributed by atoms with Gasteiger partial charge in [-0.1, -0.05) is 6.07 Å². The van der Waals surface area contributed by atoms with Gasteiger partial charge in [0.25, 0.3) is 5.91 Å². The summed E-state index contributed by atoms with van der Waals surface area (Å²) in [5.74, 6) is 1.51. The summed E-state index contributed by atoms with van der Waals surface area (Å²) in [6.45, 7) is 0.328. The molecule has 0 saturated heterocycles. The Hall–Kier alpha value is -3.00. The lowest BCUT2D eigenvalue weighted by atomic mass is 10.1. The van der Waals surface area contributed by atoms with E-state index in [0.29, 0.717) is 35.3 Å². The van der Waals surface area contributed by atoms with Gasteiger partial charge in [-0.05, 0) is 52.5 Å². The Morgan fingerprint density at radius 2 is 1.93 bits per heavy atom. The van der Waals surface area contributed by atoms with Crippen LogP contribution in [0.4, 0.5) is 11.4 Å². The number of halogens is 1. The van der Waals surface area contributed by atoms with Gasteiger partial charge in [-0.25, -0.2) is 15.0 Å². The maximum absolute atomic E-state index is 13.3. The predicted molar refractivity (Wildman–Crippen MR) is 114 cm³/mol. The maximum atomic E-state index is 13.3. The first kappa shape index (κ1) is 19.3. The minimum atomic E-state index is -0.208. The lowest BCUT2D eigenvalue weighted by Crippen LogP contribution is -2.31. The number of rotatable bonds is 6. The van der Waals surface area contributed by atoms with Crippen LogP contribution in [0.2, 0.25) is 0 Å². The molecule has 0 radical (unpaired) electrons. The van der Waals surface area contributed by atoms with Crippen LogP contribution in [0.15, 0.2) is 53.4 Å². The highest BCUT2D eigenvalue weighted by Crippen LogP contribution is 2.37. The van der Waals surface area contributed by atoms with Gasteiger partial charge in [-0.15, -0.1) is 0 Å². The summed E-state index contributed by atoms with van der Waals surface area (Å²) in [5, 5.41) is 0. The quantitative estimate of drug-likeness (QED) is 0.567. The number of methoxy groups -OCH3 is 1. The molecular weight excluding hydrogens is 434 g/mol. The summed E-state index contributed by atoms with van der Waals surface area (Å²) in [6.07, 6.45) is 7.04. The molecule has 2 N–H and O–H groups in total. The molecule has 1 aliphatic carbocycles. The second-order valence-electron chi connectivity index (χ2n) is 6.91. The van der Waals surface area contributed by atoms with Gasteiger partial charge in [-0.3, -0.25) is 4.79 Å². The van der Waals surface area contributed by atoms with Crippen molar-refractivity contribution in [3.63, 3.8) is 0 Å². The van der Waals surface area contributed by atoms with E-state index in [1.807, 2.05) is 18.2 Å². The Labute approximate surface area is 177 Å². The second-order valence-corrected chi connectivity index (χ2v) is 7.76. The molecule has 0 aliphatic heterocycles. The van der Waals surface area contributed by atoms with Crippen LogP contribution in [0.25, 0.3) is 0 Å². The number of pyridine rings is 1. The topological polar surface area (TPSA) is 94.2 Å². The van der Waals surface area contributed by atoms with Crippen molar-refractivity contribution in [2.75, 3.05) is 17.7 Å². The van der Waals surface area contributed by atoms with Crippen LogP contribution in [0.5, 0.6) is 5.88 Å². The molecule has 8 heteroatoms. The summed E-state index contributed by atoms with van der Waals surface area (Å²) < 4.78 is 5.94. The number of nitrogens with two attached hydrogens (primary N) is 1. The predicted octanol–water partition coefficient (Wildman–Crippen LogP) is 3.95. The van der Waals surface area contributed by atoms with Crippen molar-refractivity contribution in [1.29, 1.82) is 0 Å². The molecule has 148 valence electrons. The van der Waals surface area contributed by atoms with E-state index < -0.39 is 0 Å². The fraction of sp³-hybridized carbons (Fsp3) is 0.238. The molecule has 1 amide bonds. The van der Waals surface area contributed by atoms with Crippen molar-refractivity contribution in [2.45, 2.75) is 25.3 Å². The van der Waals surface area contributed by atoms with Crippen molar-refractivity contribution < 1.29 is 9.53 Å². The van der Waals surface area contributed by atoms with E-state index in [4.69, 9.17) is 10.5 Å². The molecule has 3 aromatic rings. The molecule has 1 aromatic carbocycles. The third kappa shape index (κ3) is 4.37. The number of hydrogen-bond acceptors (Lipinski definition) is 6. The summed E-state index contributed by atoms with van der Waals surface area (Å²) in [5.41, 5.74) is 8.59. The summed E-state index contributed by atoms with van der Waals surface area (Å²) in [7, 11) is 1.55. The van der Waals surface area contributed by atoms with E-state index in [0.717, 1.165) is 28.7 Å². The minimum absolute atomic E-state index is 0.208. The van der Waals surface area contributed by atoms with Crippen LogP contribution in [0.3, 0.4) is 0 Å². The number of amides is 1. The number of aromatic nitrogens is 3. The molecule has 2 aromatic heterocycles. The van der Waals surface area contributed by atoms with Crippen LogP contribution in [0, 0.1) is 0 Å². The number of carbonyl (C=O) groups is 1. The molecule has 7 nitrogen and oxygen atoms in total. The van der Waals surface area contributed by atoms with E-state index in [-0.39, 0.29) is 5.91 Å². The molecule has 0 unspecified atom stereocenters. The van der Waals surface area contributed by atoms with Crippen LogP contribution in [-0.4, -0.2) is 28.0 Å².